The summed E-state index contributed by atoms with van der Waals surface area (Å²) in [7, 11) is 0. The summed E-state index contributed by atoms with van der Waals surface area (Å²) in [5.41, 5.74) is 5.69. The highest BCUT2D eigenvalue weighted by Crippen LogP contribution is 2.37. The molecular formula is C18H21BrS. The van der Waals surface area contributed by atoms with Gasteiger partial charge in [-0.1, -0.05) is 59.5 Å². The Bertz CT molecular complexity index is 549. The minimum atomic E-state index is 0.328. The van der Waals surface area contributed by atoms with Gasteiger partial charge in [0.2, 0.25) is 0 Å². The molecule has 1 saturated carbocycles. The van der Waals surface area contributed by atoms with Crippen molar-refractivity contribution in [1.29, 1.82) is 0 Å². The lowest BCUT2D eigenvalue weighted by molar-refractivity contribution is 0.443. The number of thiophene rings is 1. The number of benzene rings is 1. The van der Waals surface area contributed by atoms with Crippen molar-refractivity contribution in [2.75, 3.05) is 0 Å². The summed E-state index contributed by atoms with van der Waals surface area (Å²) in [4.78, 5) is 0.328. The average molecular weight is 349 g/mol. The largest absolute Gasteiger partial charge is 0.152 e. The van der Waals surface area contributed by atoms with Gasteiger partial charge < -0.3 is 0 Å². The second-order valence-electron chi connectivity index (χ2n) is 5.87. The van der Waals surface area contributed by atoms with Crippen LogP contribution in [0.3, 0.4) is 0 Å². The third-order valence-corrected chi connectivity index (χ3v) is 6.38. The average Bonchev–Trinajstić information content (AvgIpc) is 2.94. The van der Waals surface area contributed by atoms with Crippen LogP contribution in [0.5, 0.6) is 0 Å². The van der Waals surface area contributed by atoms with E-state index in [1.807, 2.05) is 0 Å². The van der Waals surface area contributed by atoms with Crippen molar-refractivity contribution in [3.05, 3.63) is 57.3 Å². The standard InChI is InChI=1S/C18H21BrS/c1-13-11-20-12-17(13)18(19)16-9-7-15(8-10-16)14-5-3-2-4-6-14/h7-12,14,18H,2-6H2,1H3. The second-order valence-corrected chi connectivity index (χ2v) is 7.53. The monoisotopic (exact) mass is 348 g/mol. The van der Waals surface area contributed by atoms with Crippen molar-refractivity contribution in [1.82, 2.24) is 0 Å². The Morgan fingerprint density at radius 3 is 2.35 bits per heavy atom. The fourth-order valence-corrected chi connectivity index (χ4v) is 5.03. The van der Waals surface area contributed by atoms with E-state index < -0.39 is 0 Å². The summed E-state index contributed by atoms with van der Waals surface area (Å²) in [6.45, 7) is 2.19. The number of aryl methyl sites for hydroxylation is 1. The molecule has 1 fully saturated rings. The topological polar surface area (TPSA) is 0 Å². The fourth-order valence-electron chi connectivity index (χ4n) is 3.18. The smallest absolute Gasteiger partial charge is 0.0655 e. The summed E-state index contributed by atoms with van der Waals surface area (Å²) >= 11 is 5.64. The third kappa shape index (κ3) is 3.01. The summed E-state index contributed by atoms with van der Waals surface area (Å²) in [6, 6.07) is 9.31. The van der Waals surface area contributed by atoms with Crippen molar-refractivity contribution in [3.8, 4) is 0 Å². The molecule has 0 aliphatic heterocycles. The van der Waals surface area contributed by atoms with E-state index >= 15 is 0 Å². The molecule has 0 radical (unpaired) electrons. The zero-order valence-electron chi connectivity index (χ0n) is 11.9. The molecule has 0 bridgehead atoms. The van der Waals surface area contributed by atoms with Gasteiger partial charge >= 0.3 is 0 Å². The van der Waals surface area contributed by atoms with Gasteiger partial charge in [-0.05, 0) is 58.7 Å². The molecule has 1 aromatic carbocycles. The SMILES string of the molecule is Cc1cscc1C(Br)c1ccc(C2CCCCC2)cc1. The Kier molecular flexibility index (Phi) is 4.62. The van der Waals surface area contributed by atoms with Crippen LogP contribution in [0.4, 0.5) is 0 Å². The highest BCUT2D eigenvalue weighted by atomic mass is 79.9. The lowest BCUT2D eigenvalue weighted by Gasteiger charge is -2.22. The molecule has 1 heterocycles. The van der Waals surface area contributed by atoms with E-state index in [4.69, 9.17) is 0 Å². The van der Waals surface area contributed by atoms with Crippen LogP contribution >= 0.6 is 27.3 Å². The number of alkyl halides is 1. The normalized spacial score (nSPS) is 18.1. The van der Waals surface area contributed by atoms with Gasteiger partial charge in [-0.3, -0.25) is 0 Å². The maximum Gasteiger partial charge on any atom is 0.0655 e. The Labute approximate surface area is 134 Å². The first-order valence-corrected chi connectivity index (χ1v) is 9.38. The summed E-state index contributed by atoms with van der Waals surface area (Å²) in [6.07, 6.45) is 6.99. The quantitative estimate of drug-likeness (QED) is 0.549. The molecule has 0 nitrogen and oxygen atoms in total. The predicted molar refractivity (Wildman–Crippen MR) is 92.1 cm³/mol. The molecule has 1 aliphatic rings. The van der Waals surface area contributed by atoms with E-state index in [1.165, 1.54) is 54.4 Å². The molecule has 1 unspecified atom stereocenters. The van der Waals surface area contributed by atoms with Crippen LogP contribution in [0.2, 0.25) is 0 Å². The van der Waals surface area contributed by atoms with Crippen LogP contribution in [-0.2, 0) is 0 Å². The summed E-state index contributed by atoms with van der Waals surface area (Å²) < 4.78 is 0. The van der Waals surface area contributed by atoms with Gasteiger partial charge in [-0.2, -0.15) is 11.3 Å². The molecule has 3 rings (SSSR count). The van der Waals surface area contributed by atoms with Gasteiger partial charge in [0.1, 0.15) is 0 Å². The Morgan fingerprint density at radius 2 is 1.75 bits per heavy atom. The van der Waals surface area contributed by atoms with Crippen molar-refractivity contribution < 1.29 is 0 Å². The van der Waals surface area contributed by atoms with Gasteiger partial charge in [-0.15, -0.1) is 0 Å². The highest BCUT2D eigenvalue weighted by Gasteiger charge is 2.17. The second kappa shape index (κ2) is 6.44. The molecule has 1 aromatic heterocycles. The molecule has 1 aliphatic carbocycles. The molecule has 0 spiro atoms. The molecule has 0 amide bonds. The van der Waals surface area contributed by atoms with Crippen LogP contribution < -0.4 is 0 Å². The summed E-state index contributed by atoms with van der Waals surface area (Å²) in [5.74, 6) is 0.800. The van der Waals surface area contributed by atoms with Crippen molar-refractivity contribution in [2.45, 2.75) is 49.8 Å². The highest BCUT2D eigenvalue weighted by molar-refractivity contribution is 9.09. The number of hydrogen-bond donors (Lipinski definition) is 0. The first-order valence-electron chi connectivity index (χ1n) is 7.52. The van der Waals surface area contributed by atoms with Crippen molar-refractivity contribution in [2.24, 2.45) is 0 Å². The van der Waals surface area contributed by atoms with Gasteiger partial charge in [-0.25, -0.2) is 0 Å². The van der Waals surface area contributed by atoms with Crippen LogP contribution in [0, 0.1) is 6.92 Å². The van der Waals surface area contributed by atoms with Gasteiger partial charge in [0.05, 0.1) is 4.83 Å². The van der Waals surface area contributed by atoms with Gasteiger partial charge in [0, 0.05) is 0 Å². The summed E-state index contributed by atoms with van der Waals surface area (Å²) in [5, 5.41) is 4.48. The molecule has 2 heteroatoms. The van der Waals surface area contributed by atoms with E-state index in [-0.39, 0.29) is 0 Å². The molecule has 0 N–H and O–H groups in total. The maximum absolute atomic E-state index is 3.85. The van der Waals surface area contributed by atoms with Crippen molar-refractivity contribution >= 4 is 27.3 Å². The van der Waals surface area contributed by atoms with E-state index in [1.54, 1.807) is 11.3 Å². The van der Waals surface area contributed by atoms with E-state index in [9.17, 15) is 0 Å². The molecule has 2 aromatic rings. The Hall–Kier alpha value is -0.600. The van der Waals surface area contributed by atoms with Gasteiger partial charge in [0.15, 0.2) is 0 Å². The number of halogens is 1. The predicted octanol–water partition coefficient (Wildman–Crippen LogP) is 6.59. The molecule has 0 saturated heterocycles. The molecule has 1 atom stereocenters. The zero-order valence-corrected chi connectivity index (χ0v) is 14.3. The Morgan fingerprint density at radius 1 is 1.05 bits per heavy atom. The van der Waals surface area contributed by atoms with E-state index in [0.717, 1.165) is 5.92 Å². The first-order chi connectivity index (χ1) is 9.75. The van der Waals surface area contributed by atoms with Crippen LogP contribution in [-0.4, -0.2) is 0 Å². The third-order valence-electron chi connectivity index (χ3n) is 4.47. The Balaban J connectivity index is 1.77. The number of rotatable bonds is 3. The first kappa shape index (κ1) is 14.3. The van der Waals surface area contributed by atoms with Crippen LogP contribution in [0.25, 0.3) is 0 Å². The maximum atomic E-state index is 3.85. The minimum Gasteiger partial charge on any atom is -0.152 e. The molecular weight excluding hydrogens is 328 g/mol. The van der Waals surface area contributed by atoms with Crippen LogP contribution in [0.15, 0.2) is 35.0 Å². The lowest BCUT2D eigenvalue weighted by Crippen LogP contribution is -2.04. The van der Waals surface area contributed by atoms with Crippen molar-refractivity contribution in [3.63, 3.8) is 0 Å². The van der Waals surface area contributed by atoms with Crippen LogP contribution in [0.1, 0.15) is 65.1 Å². The van der Waals surface area contributed by atoms with E-state index in [0.29, 0.717) is 4.83 Å². The zero-order chi connectivity index (χ0) is 13.9. The lowest BCUT2D eigenvalue weighted by atomic mass is 9.84. The number of hydrogen-bond acceptors (Lipinski definition) is 1. The van der Waals surface area contributed by atoms with Gasteiger partial charge in [0.25, 0.3) is 0 Å². The molecule has 20 heavy (non-hydrogen) atoms. The fraction of sp³-hybridized carbons (Fsp3) is 0.444. The molecule has 106 valence electrons. The van der Waals surface area contributed by atoms with E-state index in [2.05, 4.69) is 57.9 Å². The minimum absolute atomic E-state index is 0.328.